The minimum absolute atomic E-state index is 0.260. The van der Waals surface area contributed by atoms with Crippen molar-refractivity contribution in [2.45, 2.75) is 13.5 Å². The molecule has 1 aliphatic rings. The first-order chi connectivity index (χ1) is 16.4. The minimum atomic E-state index is -0.439. The average Bonchev–Trinajstić information content (AvgIpc) is 3.09. The molecule has 3 aromatic rings. The van der Waals surface area contributed by atoms with E-state index in [1.165, 1.54) is 6.07 Å². The Morgan fingerprint density at radius 2 is 1.68 bits per heavy atom. The molecule has 1 heterocycles. The first-order valence-electron chi connectivity index (χ1n) is 10.2. The molecule has 0 radical (unpaired) electrons. The lowest BCUT2D eigenvalue weighted by atomic mass is 10.1. The number of amides is 2. The summed E-state index contributed by atoms with van der Waals surface area (Å²) >= 11 is 19.1. The number of nitrogens with zero attached hydrogens (tertiary/aromatic N) is 1. The van der Waals surface area contributed by atoms with Gasteiger partial charge in [-0.1, -0.05) is 59.1 Å². The zero-order valence-corrected chi connectivity index (χ0v) is 21.0. The number of rotatable bonds is 7. The van der Waals surface area contributed by atoms with E-state index in [9.17, 15) is 9.59 Å². The van der Waals surface area contributed by atoms with Crippen LogP contribution in [0.25, 0.3) is 6.08 Å². The molecule has 0 N–H and O–H groups in total. The van der Waals surface area contributed by atoms with E-state index in [2.05, 4.69) is 0 Å². The van der Waals surface area contributed by atoms with Gasteiger partial charge >= 0.3 is 0 Å². The maximum atomic E-state index is 13.0. The Morgan fingerprint density at radius 3 is 2.41 bits per heavy atom. The molecule has 0 atom stereocenters. The molecule has 0 aliphatic carbocycles. The second-order valence-corrected chi connectivity index (χ2v) is 9.35. The van der Waals surface area contributed by atoms with Crippen LogP contribution >= 0.6 is 46.6 Å². The van der Waals surface area contributed by atoms with Crippen molar-refractivity contribution in [1.82, 2.24) is 0 Å². The fourth-order valence-corrected chi connectivity index (χ4v) is 4.56. The third-order valence-corrected chi connectivity index (χ3v) is 6.84. The van der Waals surface area contributed by atoms with Crippen LogP contribution in [-0.4, -0.2) is 17.8 Å². The van der Waals surface area contributed by atoms with Gasteiger partial charge in [-0.3, -0.25) is 9.59 Å². The lowest BCUT2D eigenvalue weighted by molar-refractivity contribution is -0.113. The summed E-state index contributed by atoms with van der Waals surface area (Å²) in [7, 11) is 0. The van der Waals surface area contributed by atoms with E-state index in [-0.39, 0.29) is 16.5 Å². The smallest absolute Gasteiger partial charge is 0.298 e. The molecule has 0 unspecified atom stereocenters. The summed E-state index contributed by atoms with van der Waals surface area (Å²) < 4.78 is 11.7. The highest BCUT2D eigenvalue weighted by Crippen LogP contribution is 2.38. The summed E-state index contributed by atoms with van der Waals surface area (Å²) in [5.41, 5.74) is 1.90. The van der Waals surface area contributed by atoms with Crippen molar-refractivity contribution in [3.63, 3.8) is 0 Å². The summed E-state index contributed by atoms with van der Waals surface area (Å²) in [4.78, 5) is 26.9. The van der Waals surface area contributed by atoms with Gasteiger partial charge in [-0.05, 0) is 66.7 Å². The van der Waals surface area contributed by atoms with Crippen molar-refractivity contribution < 1.29 is 19.1 Å². The molecular weight excluding hydrogens is 517 g/mol. The van der Waals surface area contributed by atoms with E-state index < -0.39 is 11.1 Å². The molecule has 4 rings (SSSR count). The van der Waals surface area contributed by atoms with Gasteiger partial charge in [0.15, 0.2) is 11.5 Å². The first-order valence-corrected chi connectivity index (χ1v) is 12.2. The molecular formula is C25H18Cl3NO4S. The molecule has 3 aromatic carbocycles. The van der Waals surface area contributed by atoms with Crippen LogP contribution in [0, 0.1) is 0 Å². The molecule has 2 amide bonds. The van der Waals surface area contributed by atoms with Crippen molar-refractivity contribution in [2.24, 2.45) is 0 Å². The fourth-order valence-electron chi connectivity index (χ4n) is 3.24. The van der Waals surface area contributed by atoms with Gasteiger partial charge in [0, 0.05) is 10.6 Å². The van der Waals surface area contributed by atoms with Crippen LogP contribution in [0.3, 0.4) is 0 Å². The number of hydrogen-bond acceptors (Lipinski definition) is 5. The van der Waals surface area contributed by atoms with Crippen LogP contribution in [0.4, 0.5) is 10.5 Å². The molecule has 0 aromatic heterocycles. The lowest BCUT2D eigenvalue weighted by Crippen LogP contribution is -2.27. The van der Waals surface area contributed by atoms with Crippen LogP contribution in [0.5, 0.6) is 11.5 Å². The highest BCUT2D eigenvalue weighted by atomic mass is 35.5. The summed E-state index contributed by atoms with van der Waals surface area (Å²) in [6.07, 6.45) is 1.64. The molecule has 1 aliphatic heterocycles. The fraction of sp³-hybridized carbons (Fsp3) is 0.120. The third-order valence-electron chi connectivity index (χ3n) is 4.86. The normalized spacial score (nSPS) is 14.7. The monoisotopic (exact) mass is 533 g/mol. The van der Waals surface area contributed by atoms with E-state index in [1.807, 2.05) is 25.1 Å². The Balaban J connectivity index is 1.56. The van der Waals surface area contributed by atoms with Crippen molar-refractivity contribution in [1.29, 1.82) is 0 Å². The van der Waals surface area contributed by atoms with E-state index in [1.54, 1.807) is 42.5 Å². The van der Waals surface area contributed by atoms with Crippen LogP contribution in [0.1, 0.15) is 18.1 Å². The lowest BCUT2D eigenvalue weighted by Gasteiger charge is -2.14. The quantitative estimate of drug-likeness (QED) is 0.289. The van der Waals surface area contributed by atoms with Gasteiger partial charge < -0.3 is 9.47 Å². The van der Waals surface area contributed by atoms with Gasteiger partial charge in [-0.15, -0.1) is 0 Å². The topological polar surface area (TPSA) is 55.8 Å². The van der Waals surface area contributed by atoms with E-state index in [4.69, 9.17) is 44.3 Å². The highest BCUT2D eigenvalue weighted by molar-refractivity contribution is 8.19. The Hall–Kier alpha value is -2.64. The van der Waals surface area contributed by atoms with E-state index in [0.717, 1.165) is 22.2 Å². The second kappa shape index (κ2) is 10.7. The van der Waals surface area contributed by atoms with Crippen LogP contribution in [0.15, 0.2) is 65.6 Å². The Labute approximate surface area is 216 Å². The van der Waals surface area contributed by atoms with Crippen LogP contribution < -0.4 is 14.4 Å². The Morgan fingerprint density at radius 1 is 0.882 bits per heavy atom. The third kappa shape index (κ3) is 5.36. The number of carbonyl (C=O) groups excluding carboxylic acids is 2. The van der Waals surface area contributed by atoms with E-state index >= 15 is 0 Å². The van der Waals surface area contributed by atoms with Gasteiger partial charge in [0.1, 0.15) is 6.61 Å². The number of thioether (sulfide) groups is 1. The number of hydrogen-bond donors (Lipinski definition) is 0. The SMILES string of the molecule is CCOc1cc(/C=C2\SC(=O)N(c3ccc(Cl)c(Cl)c3)C2=O)ccc1OCc1ccccc1Cl. The molecule has 0 bridgehead atoms. The van der Waals surface area contributed by atoms with Crippen molar-refractivity contribution in [3.8, 4) is 11.5 Å². The number of benzene rings is 3. The van der Waals surface area contributed by atoms with Gasteiger partial charge in [-0.25, -0.2) is 4.90 Å². The number of imide groups is 1. The highest BCUT2D eigenvalue weighted by Gasteiger charge is 2.36. The maximum absolute atomic E-state index is 13.0. The van der Waals surface area contributed by atoms with Gasteiger partial charge in [0.05, 0.1) is 27.2 Å². The summed E-state index contributed by atoms with van der Waals surface area (Å²) in [5.74, 6) is 0.625. The minimum Gasteiger partial charge on any atom is -0.490 e. The summed E-state index contributed by atoms with van der Waals surface area (Å²) in [5, 5.41) is 0.804. The molecule has 0 saturated carbocycles. The molecule has 9 heteroatoms. The molecule has 1 saturated heterocycles. The van der Waals surface area contributed by atoms with Gasteiger partial charge in [0.2, 0.25) is 0 Å². The van der Waals surface area contributed by atoms with Gasteiger partial charge in [0.25, 0.3) is 11.1 Å². The zero-order valence-electron chi connectivity index (χ0n) is 17.9. The molecule has 5 nitrogen and oxygen atoms in total. The number of halogens is 3. The number of anilines is 1. The van der Waals surface area contributed by atoms with Crippen molar-refractivity contribution in [2.75, 3.05) is 11.5 Å². The number of carbonyl (C=O) groups is 2. The molecule has 174 valence electrons. The van der Waals surface area contributed by atoms with E-state index in [0.29, 0.717) is 39.4 Å². The average molecular weight is 535 g/mol. The molecule has 34 heavy (non-hydrogen) atoms. The Bertz CT molecular complexity index is 1290. The predicted molar refractivity (Wildman–Crippen MR) is 138 cm³/mol. The van der Waals surface area contributed by atoms with Gasteiger partial charge in [-0.2, -0.15) is 0 Å². The standard InChI is InChI=1S/C25H18Cl3NO4S/c1-2-32-22-11-15(7-10-21(22)33-14-16-5-3-4-6-18(16)26)12-23-24(30)29(25(31)34-23)17-8-9-19(27)20(28)13-17/h3-13H,2,14H2,1H3/b23-12-. The zero-order chi connectivity index (χ0) is 24.2. The number of ether oxygens (including phenoxy) is 2. The van der Waals surface area contributed by atoms with Crippen LogP contribution in [-0.2, 0) is 11.4 Å². The maximum Gasteiger partial charge on any atom is 0.298 e. The van der Waals surface area contributed by atoms with Crippen molar-refractivity contribution >= 4 is 69.5 Å². The Kier molecular flexibility index (Phi) is 7.73. The molecule has 0 spiro atoms. The second-order valence-electron chi connectivity index (χ2n) is 7.13. The summed E-state index contributed by atoms with van der Waals surface area (Å²) in [6, 6.07) is 17.4. The predicted octanol–water partition coefficient (Wildman–Crippen LogP) is 7.87. The molecule has 1 fully saturated rings. The van der Waals surface area contributed by atoms with Crippen molar-refractivity contribution in [3.05, 3.63) is 91.8 Å². The summed E-state index contributed by atoms with van der Waals surface area (Å²) in [6.45, 7) is 2.58. The van der Waals surface area contributed by atoms with Crippen LogP contribution in [0.2, 0.25) is 15.1 Å². The first kappa shape index (κ1) is 24.5. The largest absolute Gasteiger partial charge is 0.490 e.